The molecule has 14 heavy (non-hydrogen) atoms. The van der Waals surface area contributed by atoms with Gasteiger partial charge in [-0.3, -0.25) is 0 Å². The zero-order valence-electron chi connectivity index (χ0n) is 6.57. The molecule has 7 heteroatoms. The van der Waals surface area contributed by atoms with Gasteiger partial charge in [0.15, 0.2) is 0 Å². The number of hydrogen-bond donors (Lipinski definition) is 1. The number of benzene rings is 1. The zero-order chi connectivity index (χ0) is 10.9. The summed E-state index contributed by atoms with van der Waals surface area (Å²) in [6, 6.07) is 0.789. The van der Waals surface area contributed by atoms with Crippen molar-refractivity contribution in [1.29, 1.82) is 0 Å². The van der Waals surface area contributed by atoms with Crippen LogP contribution in [0, 0.1) is 11.6 Å². The van der Waals surface area contributed by atoms with Crippen LogP contribution in [0.1, 0.15) is 5.56 Å². The highest BCUT2D eigenvalue weighted by Crippen LogP contribution is 2.32. The summed E-state index contributed by atoms with van der Waals surface area (Å²) in [7, 11) is 0.312. The van der Waals surface area contributed by atoms with Crippen molar-refractivity contribution in [2.75, 3.05) is 0 Å². The molecule has 1 N–H and O–H groups in total. The summed E-state index contributed by atoms with van der Waals surface area (Å²) in [6.45, 7) is 0. The zero-order valence-corrected chi connectivity index (χ0v) is 6.57. The van der Waals surface area contributed by atoms with Crippen LogP contribution in [0.3, 0.4) is 0 Å². The minimum absolute atomic E-state index is 0.312. The normalized spacial score (nSPS) is 11.6. The van der Waals surface area contributed by atoms with Crippen LogP contribution in [0.15, 0.2) is 12.1 Å². The van der Waals surface area contributed by atoms with Gasteiger partial charge < -0.3 is 5.02 Å². The lowest BCUT2D eigenvalue weighted by Crippen LogP contribution is -2.20. The maximum Gasteiger partial charge on any atom is 0.422 e. The molecule has 1 rings (SSSR count). The summed E-state index contributed by atoms with van der Waals surface area (Å²) in [5.74, 6) is -3.50. The highest BCUT2D eigenvalue weighted by Gasteiger charge is 2.37. The minimum atomic E-state index is -5.08. The molecule has 1 nitrogen and oxygen atoms in total. The Balaban J connectivity index is 3.33. The molecule has 0 bridgehead atoms. The standard InChI is InChI=1S/C7H3BF5O/c9-4-1-3(8-14)2-5(10)6(4)7(11,12)13/h1-2,14H. The van der Waals surface area contributed by atoms with Gasteiger partial charge in [0, 0.05) is 0 Å². The van der Waals surface area contributed by atoms with Gasteiger partial charge in [0.2, 0.25) is 0 Å². The quantitative estimate of drug-likeness (QED) is 0.544. The second-order valence-electron chi connectivity index (χ2n) is 2.49. The predicted octanol–water partition coefficient (Wildman–Crippen LogP) is 1.22. The van der Waals surface area contributed by atoms with E-state index in [-0.39, 0.29) is 5.46 Å². The number of rotatable bonds is 1. The molecule has 0 saturated carbocycles. The summed E-state index contributed by atoms with van der Waals surface area (Å²) in [4.78, 5) is 0. The van der Waals surface area contributed by atoms with Crippen molar-refractivity contribution in [3.63, 3.8) is 0 Å². The first-order valence-corrected chi connectivity index (χ1v) is 3.40. The molecular formula is C7H3BF5O. The van der Waals surface area contributed by atoms with E-state index >= 15 is 0 Å². The van der Waals surface area contributed by atoms with Gasteiger partial charge in [-0.25, -0.2) is 8.78 Å². The van der Waals surface area contributed by atoms with E-state index < -0.39 is 23.4 Å². The molecule has 1 aromatic carbocycles. The Morgan fingerprint density at radius 1 is 1.07 bits per heavy atom. The topological polar surface area (TPSA) is 20.2 Å². The molecule has 1 radical (unpaired) electrons. The fourth-order valence-corrected chi connectivity index (χ4v) is 0.938. The summed E-state index contributed by atoms with van der Waals surface area (Å²) < 4.78 is 61.4. The van der Waals surface area contributed by atoms with Gasteiger partial charge in [-0.1, -0.05) is 0 Å². The highest BCUT2D eigenvalue weighted by molar-refractivity contribution is 6.45. The lowest BCUT2D eigenvalue weighted by Gasteiger charge is -2.09. The summed E-state index contributed by atoms with van der Waals surface area (Å²) in [5.41, 5.74) is -2.32. The van der Waals surface area contributed by atoms with Gasteiger partial charge in [-0.05, 0) is 17.6 Å². The Morgan fingerprint density at radius 3 is 1.79 bits per heavy atom. The molecule has 0 aliphatic rings. The van der Waals surface area contributed by atoms with Crippen molar-refractivity contribution in [2.24, 2.45) is 0 Å². The van der Waals surface area contributed by atoms with E-state index in [0.717, 1.165) is 0 Å². The average molecular weight is 209 g/mol. The van der Waals surface area contributed by atoms with Gasteiger partial charge in [0.05, 0.1) is 0 Å². The van der Waals surface area contributed by atoms with E-state index in [0.29, 0.717) is 19.6 Å². The van der Waals surface area contributed by atoms with E-state index in [4.69, 9.17) is 5.02 Å². The van der Waals surface area contributed by atoms with Gasteiger partial charge >= 0.3 is 13.7 Å². The van der Waals surface area contributed by atoms with Crippen LogP contribution in [0.2, 0.25) is 0 Å². The first kappa shape index (κ1) is 11.0. The van der Waals surface area contributed by atoms with Crippen molar-refractivity contribution >= 4 is 12.9 Å². The summed E-state index contributed by atoms with van der Waals surface area (Å²) in [5, 5.41) is 8.34. The molecule has 0 aliphatic carbocycles. The van der Waals surface area contributed by atoms with Crippen molar-refractivity contribution in [2.45, 2.75) is 6.18 Å². The van der Waals surface area contributed by atoms with Crippen molar-refractivity contribution in [1.82, 2.24) is 0 Å². The Hall–Kier alpha value is -1.11. The first-order chi connectivity index (χ1) is 6.36. The molecule has 1 aromatic rings. The van der Waals surface area contributed by atoms with E-state index in [9.17, 15) is 22.0 Å². The second kappa shape index (κ2) is 3.57. The molecular weight excluding hydrogens is 206 g/mol. The number of halogens is 5. The minimum Gasteiger partial charge on any atom is -0.450 e. The van der Waals surface area contributed by atoms with Gasteiger partial charge in [0.1, 0.15) is 17.2 Å². The third-order valence-electron chi connectivity index (χ3n) is 1.50. The van der Waals surface area contributed by atoms with Crippen LogP contribution in [-0.2, 0) is 6.18 Å². The maximum absolute atomic E-state index is 12.7. The van der Waals surface area contributed by atoms with E-state index in [2.05, 4.69) is 0 Å². The van der Waals surface area contributed by atoms with E-state index in [1.807, 2.05) is 0 Å². The van der Waals surface area contributed by atoms with Gasteiger partial charge in [-0.15, -0.1) is 0 Å². The predicted molar refractivity (Wildman–Crippen MR) is 39.0 cm³/mol. The van der Waals surface area contributed by atoms with Crippen molar-refractivity contribution in [3.05, 3.63) is 29.3 Å². The lowest BCUT2D eigenvalue weighted by molar-refractivity contribution is -0.142. The van der Waals surface area contributed by atoms with Crippen LogP contribution in [0.4, 0.5) is 22.0 Å². The molecule has 0 unspecified atom stereocenters. The van der Waals surface area contributed by atoms with Crippen LogP contribution in [0.25, 0.3) is 0 Å². The molecule has 0 heterocycles. The molecule has 0 saturated heterocycles. The van der Waals surface area contributed by atoms with Crippen LogP contribution >= 0.6 is 0 Å². The smallest absolute Gasteiger partial charge is 0.422 e. The second-order valence-corrected chi connectivity index (χ2v) is 2.49. The Morgan fingerprint density at radius 2 is 1.50 bits per heavy atom. The average Bonchev–Trinajstić information content (AvgIpc) is 1.99. The van der Waals surface area contributed by atoms with E-state index in [1.54, 1.807) is 0 Å². The van der Waals surface area contributed by atoms with E-state index in [1.165, 1.54) is 0 Å². The molecule has 0 aliphatic heterocycles. The molecule has 0 spiro atoms. The molecule has 0 atom stereocenters. The Labute approximate surface area is 76.4 Å². The number of alkyl halides is 3. The third-order valence-corrected chi connectivity index (χ3v) is 1.50. The highest BCUT2D eigenvalue weighted by atomic mass is 19.4. The Kier molecular flexibility index (Phi) is 2.80. The summed E-state index contributed by atoms with van der Waals surface area (Å²) >= 11 is 0. The molecule has 75 valence electrons. The fourth-order valence-electron chi connectivity index (χ4n) is 0.938. The lowest BCUT2D eigenvalue weighted by atomic mass is 9.87. The SMILES string of the molecule is O[B]c1cc(F)c(C(F)(F)F)c(F)c1. The fraction of sp³-hybridized carbons (Fsp3) is 0.143. The van der Waals surface area contributed by atoms with Crippen molar-refractivity contribution in [3.8, 4) is 0 Å². The van der Waals surface area contributed by atoms with Crippen LogP contribution in [0.5, 0.6) is 0 Å². The van der Waals surface area contributed by atoms with Gasteiger partial charge in [-0.2, -0.15) is 13.2 Å². The number of hydrogen-bond acceptors (Lipinski definition) is 1. The van der Waals surface area contributed by atoms with Crippen LogP contribution in [-0.4, -0.2) is 12.5 Å². The Bertz CT molecular complexity index is 325. The molecule has 0 amide bonds. The largest absolute Gasteiger partial charge is 0.450 e. The third kappa shape index (κ3) is 2.04. The monoisotopic (exact) mass is 209 g/mol. The molecule has 0 aromatic heterocycles. The van der Waals surface area contributed by atoms with Crippen molar-refractivity contribution < 1.29 is 27.0 Å². The van der Waals surface area contributed by atoms with Gasteiger partial charge in [0.25, 0.3) is 0 Å². The van der Waals surface area contributed by atoms with Crippen LogP contribution < -0.4 is 5.46 Å². The maximum atomic E-state index is 12.7. The summed E-state index contributed by atoms with van der Waals surface area (Å²) in [6.07, 6.45) is -5.08. The molecule has 0 fully saturated rings. The first-order valence-electron chi connectivity index (χ1n) is 3.40.